The van der Waals surface area contributed by atoms with Crippen LogP contribution >= 0.6 is 13.4 Å². The predicted octanol–water partition coefficient (Wildman–Crippen LogP) is 0.00700. The zero-order valence-corrected chi connectivity index (χ0v) is 16.1. The Balaban J connectivity index is 2.40. The average Bonchev–Trinajstić information content (AvgIpc) is 2.44. The molecule has 0 aliphatic carbocycles. The summed E-state index contributed by atoms with van der Waals surface area (Å²) in [4.78, 5) is 40.8. The highest BCUT2D eigenvalue weighted by Gasteiger charge is 2.33. The molecular weight excluding hydrogens is 386 g/mol. The molecule has 1 fully saturated rings. The fraction of sp³-hybridized carbons (Fsp3) is 0.900. The van der Waals surface area contributed by atoms with Gasteiger partial charge in [-0.25, -0.2) is 0 Å². The molecule has 1 atom stereocenters. The lowest BCUT2D eigenvalue weighted by atomic mass is 9.81. The van der Waals surface area contributed by atoms with E-state index in [1.165, 1.54) is 0 Å². The summed E-state index contributed by atoms with van der Waals surface area (Å²) in [7, 11) is 0. The summed E-state index contributed by atoms with van der Waals surface area (Å²) in [6.07, 6.45) is 1.36. The average molecular weight is 408 g/mol. The third-order valence-electron chi connectivity index (χ3n) is 3.51. The van der Waals surface area contributed by atoms with Crippen LogP contribution in [0, 0.1) is 5.41 Å². The number of amides is 1. The quantitative estimate of drug-likeness (QED) is 0.321. The number of piperidine rings is 1. The Morgan fingerprint density at radius 1 is 1.22 bits per heavy atom. The maximum Gasteiger partial charge on any atom is 0.326 e. The second-order valence-corrected chi connectivity index (χ2v) is 11.0. The van der Waals surface area contributed by atoms with Crippen molar-refractivity contribution in [1.82, 2.24) is 4.90 Å². The first-order valence-electron chi connectivity index (χ1n) is 6.76. The van der Waals surface area contributed by atoms with Gasteiger partial charge in [-0.1, -0.05) is 6.92 Å². The highest BCUT2D eigenvalue weighted by molar-refractivity contribution is 8.07. The molecule has 0 spiro atoms. The van der Waals surface area contributed by atoms with Crippen molar-refractivity contribution >= 4 is 43.0 Å². The molecule has 0 bridgehead atoms. The molecule has 1 rings (SSSR count). The van der Waals surface area contributed by atoms with Crippen LogP contribution < -0.4 is 5.73 Å². The predicted molar refractivity (Wildman–Crippen MR) is 91.2 cm³/mol. The van der Waals surface area contributed by atoms with Crippen molar-refractivity contribution < 1.29 is 33.0 Å². The van der Waals surface area contributed by atoms with Gasteiger partial charge in [0.15, 0.2) is 6.79 Å². The van der Waals surface area contributed by atoms with Crippen LogP contribution in [0.2, 0.25) is 0 Å². The molecule has 13 heteroatoms. The maximum atomic E-state index is 11.5. The first-order valence-corrected chi connectivity index (χ1v) is 12.0. The molecule has 0 aromatic heterocycles. The minimum absolute atomic E-state index is 0.0127. The third kappa shape index (κ3) is 8.42. The molecule has 1 aliphatic heterocycles. The van der Waals surface area contributed by atoms with Gasteiger partial charge in [-0.2, -0.15) is 0 Å². The van der Waals surface area contributed by atoms with E-state index in [-0.39, 0.29) is 24.5 Å². The van der Waals surface area contributed by atoms with E-state index in [9.17, 15) is 9.69 Å². The molecule has 5 N–H and O–H groups in total. The van der Waals surface area contributed by atoms with Crippen molar-refractivity contribution in [2.75, 3.05) is 33.0 Å². The van der Waals surface area contributed by atoms with Crippen molar-refractivity contribution in [3.63, 3.8) is 0 Å². The van der Waals surface area contributed by atoms with E-state index in [1.807, 2.05) is 6.92 Å². The monoisotopic (exact) mass is 408 g/mol. The molecule has 23 heavy (non-hydrogen) atoms. The van der Waals surface area contributed by atoms with Gasteiger partial charge in [0.25, 0.3) is 0 Å². The number of carbonyl (C=O) groups excluding carboxylic acids is 1. The van der Waals surface area contributed by atoms with Crippen LogP contribution in [0.3, 0.4) is 0 Å². The first-order chi connectivity index (χ1) is 10.5. The molecule has 1 unspecified atom stereocenters. The van der Waals surface area contributed by atoms with Crippen LogP contribution in [0.5, 0.6) is 0 Å². The van der Waals surface area contributed by atoms with E-state index in [1.54, 1.807) is 4.90 Å². The third-order valence-corrected chi connectivity index (χ3v) is 5.79. The first kappa shape index (κ1) is 21.5. The smallest absolute Gasteiger partial charge is 0.326 e. The topological polar surface area (TPSA) is 135 Å². The van der Waals surface area contributed by atoms with E-state index in [0.29, 0.717) is 25.9 Å². The summed E-state index contributed by atoms with van der Waals surface area (Å²) in [6.45, 7) is -4.87. The zero-order chi connectivity index (χ0) is 17.7. The van der Waals surface area contributed by atoms with Crippen molar-refractivity contribution in [3.05, 3.63) is 0 Å². The number of hydrogen-bond acceptors (Lipinski definition) is 7. The van der Waals surface area contributed by atoms with Crippen LogP contribution in [-0.4, -0.2) is 58.5 Å². The molecule has 1 aliphatic rings. The van der Waals surface area contributed by atoms with Gasteiger partial charge in [0.2, 0.25) is 5.91 Å². The van der Waals surface area contributed by atoms with Crippen molar-refractivity contribution in [2.24, 2.45) is 11.1 Å². The van der Waals surface area contributed by atoms with E-state index < -0.39 is 20.2 Å². The summed E-state index contributed by atoms with van der Waals surface area (Å²) in [6, 6.07) is 0. The summed E-state index contributed by atoms with van der Waals surface area (Å²) in [5.74, 6) is -0.0931. The van der Waals surface area contributed by atoms with E-state index in [2.05, 4.69) is 16.3 Å². The Hall–Kier alpha value is 0.490. The summed E-state index contributed by atoms with van der Waals surface area (Å²) in [5.41, 5.74) is 5.08. The van der Waals surface area contributed by atoms with Gasteiger partial charge in [0.1, 0.15) is 0 Å². The van der Waals surface area contributed by atoms with Gasteiger partial charge in [0.05, 0.1) is 13.2 Å². The molecule has 1 heterocycles. The van der Waals surface area contributed by atoms with Crippen LogP contribution in [-0.2, 0) is 42.0 Å². The largest absolute Gasteiger partial charge is 0.342 e. The molecule has 136 valence electrons. The minimum atomic E-state index is -3.86. The molecule has 9 nitrogen and oxygen atoms in total. The molecular formula is C10H22N2O7P2S2. The van der Waals surface area contributed by atoms with Gasteiger partial charge in [-0.3, -0.25) is 13.8 Å². The Morgan fingerprint density at radius 2 is 1.78 bits per heavy atom. The normalized spacial score (nSPS) is 21.0. The number of hydrogen-bond donors (Lipinski definition) is 4. The van der Waals surface area contributed by atoms with Gasteiger partial charge >= 0.3 is 13.4 Å². The van der Waals surface area contributed by atoms with E-state index >= 15 is 0 Å². The second kappa shape index (κ2) is 8.73. The Morgan fingerprint density at radius 3 is 2.26 bits per heavy atom. The number of nitrogens with zero attached hydrogens (tertiary/aromatic N) is 1. The SMILES string of the molecule is CC1(COP(O)(=S)OCOP(O)(O)=S)CCN(C(=O)CN)CC1. The Kier molecular flexibility index (Phi) is 8.17. The van der Waals surface area contributed by atoms with Gasteiger partial charge in [-0.15, -0.1) is 0 Å². The number of rotatable bonds is 8. The molecule has 0 aromatic rings. The van der Waals surface area contributed by atoms with Crippen LogP contribution in [0.4, 0.5) is 0 Å². The lowest BCUT2D eigenvalue weighted by molar-refractivity contribution is -0.132. The van der Waals surface area contributed by atoms with Crippen molar-refractivity contribution in [1.29, 1.82) is 0 Å². The molecule has 1 amide bonds. The number of carbonyl (C=O) groups is 1. The lowest BCUT2D eigenvalue weighted by Crippen LogP contribution is -2.45. The van der Waals surface area contributed by atoms with Gasteiger partial charge in [0, 0.05) is 13.1 Å². The number of likely N-dealkylation sites (tertiary alicyclic amines) is 1. The van der Waals surface area contributed by atoms with Crippen LogP contribution in [0.25, 0.3) is 0 Å². The van der Waals surface area contributed by atoms with Gasteiger partial charge < -0.3 is 29.8 Å². The van der Waals surface area contributed by atoms with Crippen LogP contribution in [0.1, 0.15) is 19.8 Å². The van der Waals surface area contributed by atoms with E-state index in [4.69, 9.17) is 36.4 Å². The standard InChI is InChI=1S/C10H22N2O7P2S2/c1-10(2-4-12(5-3-10)9(13)6-11)7-17-21(16,23)19-8-18-20(14,15)22/h2-8,11H2,1H3,(H,16,23)(H2,14,15,22). The fourth-order valence-electron chi connectivity index (χ4n) is 2.00. The maximum absolute atomic E-state index is 11.5. The molecule has 0 radical (unpaired) electrons. The fourth-order valence-corrected chi connectivity index (χ4v) is 3.43. The highest BCUT2D eigenvalue weighted by atomic mass is 32.5. The summed E-state index contributed by atoms with van der Waals surface area (Å²) >= 11 is 9.04. The second-order valence-electron chi connectivity index (χ2n) is 5.50. The highest BCUT2D eigenvalue weighted by Crippen LogP contribution is 2.48. The van der Waals surface area contributed by atoms with Gasteiger partial charge in [-0.05, 0) is 41.9 Å². The minimum Gasteiger partial charge on any atom is -0.342 e. The Labute approximate surface area is 145 Å². The summed E-state index contributed by atoms with van der Waals surface area (Å²) in [5, 5.41) is 0. The number of nitrogens with two attached hydrogens (primary N) is 1. The molecule has 0 aromatic carbocycles. The zero-order valence-electron chi connectivity index (χ0n) is 12.7. The molecule has 0 saturated carbocycles. The van der Waals surface area contributed by atoms with E-state index in [0.717, 1.165) is 0 Å². The van der Waals surface area contributed by atoms with Crippen LogP contribution in [0.15, 0.2) is 0 Å². The summed E-state index contributed by atoms with van der Waals surface area (Å²) < 4.78 is 14.5. The Bertz CT molecular complexity index is 507. The lowest BCUT2D eigenvalue weighted by Gasteiger charge is -2.39. The molecule has 1 saturated heterocycles. The van der Waals surface area contributed by atoms with Crippen molar-refractivity contribution in [2.45, 2.75) is 19.8 Å². The van der Waals surface area contributed by atoms with Crippen molar-refractivity contribution in [3.8, 4) is 0 Å².